The van der Waals surface area contributed by atoms with Crippen LogP contribution in [0.2, 0.25) is 0 Å². The highest BCUT2D eigenvalue weighted by molar-refractivity contribution is 7.86. The first-order chi connectivity index (χ1) is 11.2. The van der Waals surface area contributed by atoms with Gasteiger partial charge in [-0.3, -0.25) is 9.35 Å². The van der Waals surface area contributed by atoms with E-state index < -0.39 is 49.4 Å². The van der Waals surface area contributed by atoms with Crippen molar-refractivity contribution < 1.29 is 37.5 Å². The van der Waals surface area contributed by atoms with Gasteiger partial charge in [0.2, 0.25) is 11.5 Å². The summed E-state index contributed by atoms with van der Waals surface area (Å²) < 4.78 is 42.6. The van der Waals surface area contributed by atoms with Crippen LogP contribution in [0.5, 0.6) is 23.0 Å². The molecule has 0 heterocycles. The van der Waals surface area contributed by atoms with Crippen LogP contribution in [-0.4, -0.2) is 43.2 Å². The number of phenols is 2. The molecule has 24 heavy (non-hydrogen) atoms. The van der Waals surface area contributed by atoms with E-state index >= 15 is 0 Å². The zero-order valence-electron chi connectivity index (χ0n) is 12.7. The van der Waals surface area contributed by atoms with Gasteiger partial charge < -0.3 is 19.7 Å². The fourth-order valence-electron chi connectivity index (χ4n) is 2.23. The molecule has 0 aliphatic carbocycles. The average Bonchev–Trinajstić information content (AvgIpc) is 2.55. The van der Waals surface area contributed by atoms with Crippen molar-refractivity contribution in [3.05, 3.63) is 41.5 Å². The summed E-state index contributed by atoms with van der Waals surface area (Å²) in [6.07, 6.45) is 0. The predicted octanol–water partition coefficient (Wildman–Crippen LogP) is 1.59. The number of carbonyl (C=O) groups excluding carboxylic acids is 1. The lowest BCUT2D eigenvalue weighted by atomic mass is 10.0. The zero-order chi connectivity index (χ0) is 18.1. The minimum Gasteiger partial charge on any atom is -0.503 e. The standard InChI is InChI=1S/C15H14O8S/c1-22-13-9(10(16)8-6-4-3-5-7-8)15(24(19,20)21)12(18)11(17)14(13)23-2/h3-7,17-18H,1-2H3,(H,19,20,21). The molecular weight excluding hydrogens is 340 g/mol. The van der Waals surface area contributed by atoms with Gasteiger partial charge in [-0.25, -0.2) is 0 Å². The van der Waals surface area contributed by atoms with Crippen LogP contribution in [0, 0.1) is 0 Å². The molecule has 0 spiro atoms. The van der Waals surface area contributed by atoms with Crippen molar-refractivity contribution in [1.29, 1.82) is 0 Å². The molecule has 0 atom stereocenters. The van der Waals surface area contributed by atoms with Crippen LogP contribution in [0.3, 0.4) is 0 Å². The molecule has 0 fully saturated rings. The van der Waals surface area contributed by atoms with Gasteiger partial charge in [0.15, 0.2) is 22.2 Å². The largest absolute Gasteiger partial charge is 0.503 e. The third-order valence-corrected chi connectivity index (χ3v) is 4.16. The third-order valence-electron chi connectivity index (χ3n) is 3.24. The van der Waals surface area contributed by atoms with Gasteiger partial charge in [-0.05, 0) is 0 Å². The van der Waals surface area contributed by atoms with Crippen LogP contribution in [0.4, 0.5) is 0 Å². The van der Waals surface area contributed by atoms with Gasteiger partial charge in [0, 0.05) is 5.56 Å². The van der Waals surface area contributed by atoms with Gasteiger partial charge in [0.05, 0.1) is 19.8 Å². The molecule has 2 rings (SSSR count). The predicted molar refractivity (Wildman–Crippen MR) is 82.6 cm³/mol. The highest BCUT2D eigenvalue weighted by Gasteiger charge is 2.35. The quantitative estimate of drug-likeness (QED) is 0.419. The molecule has 9 heteroatoms. The topological polar surface area (TPSA) is 130 Å². The monoisotopic (exact) mass is 354 g/mol. The van der Waals surface area contributed by atoms with Gasteiger partial charge in [-0.15, -0.1) is 0 Å². The number of phenolic OH excluding ortho intramolecular Hbond substituents is 2. The molecule has 0 saturated heterocycles. The Morgan fingerprint density at radius 1 is 0.958 bits per heavy atom. The van der Waals surface area contributed by atoms with Crippen molar-refractivity contribution in [1.82, 2.24) is 0 Å². The van der Waals surface area contributed by atoms with Crippen molar-refractivity contribution in [2.24, 2.45) is 0 Å². The maximum atomic E-state index is 12.7. The van der Waals surface area contributed by atoms with Crippen molar-refractivity contribution in [2.75, 3.05) is 14.2 Å². The van der Waals surface area contributed by atoms with Crippen molar-refractivity contribution in [2.45, 2.75) is 4.90 Å². The van der Waals surface area contributed by atoms with E-state index in [2.05, 4.69) is 0 Å². The Balaban J connectivity index is 2.96. The fraction of sp³-hybridized carbons (Fsp3) is 0.133. The molecule has 0 bridgehead atoms. The molecular formula is C15H14O8S. The van der Waals surface area contributed by atoms with Crippen LogP contribution >= 0.6 is 0 Å². The third kappa shape index (κ3) is 2.86. The maximum Gasteiger partial charge on any atom is 0.299 e. The fourth-order valence-corrected chi connectivity index (χ4v) is 3.02. The number of ether oxygens (including phenoxy) is 2. The highest BCUT2D eigenvalue weighted by Crippen LogP contribution is 2.50. The SMILES string of the molecule is COc1c(O)c(O)c(S(=O)(=O)O)c(C(=O)c2ccccc2)c1OC. The molecule has 0 amide bonds. The van der Waals surface area contributed by atoms with E-state index in [1.807, 2.05) is 0 Å². The second-order valence-corrected chi connectivity index (χ2v) is 6.00. The number of methoxy groups -OCH3 is 2. The van der Waals surface area contributed by atoms with Crippen LogP contribution < -0.4 is 9.47 Å². The van der Waals surface area contributed by atoms with Crippen LogP contribution in [-0.2, 0) is 10.1 Å². The van der Waals surface area contributed by atoms with Crippen molar-refractivity contribution in [3.8, 4) is 23.0 Å². The van der Waals surface area contributed by atoms with Crippen molar-refractivity contribution in [3.63, 3.8) is 0 Å². The first kappa shape index (κ1) is 17.6. The molecule has 0 saturated carbocycles. The average molecular weight is 354 g/mol. The Hall–Kier alpha value is -2.78. The van der Waals surface area contributed by atoms with E-state index in [0.717, 1.165) is 14.2 Å². The Labute approximate surface area is 137 Å². The van der Waals surface area contributed by atoms with Gasteiger partial charge >= 0.3 is 0 Å². The molecule has 128 valence electrons. The lowest BCUT2D eigenvalue weighted by Crippen LogP contribution is -2.13. The van der Waals surface area contributed by atoms with Crippen LogP contribution in [0.15, 0.2) is 35.2 Å². The Morgan fingerprint density at radius 3 is 1.96 bits per heavy atom. The summed E-state index contributed by atoms with van der Waals surface area (Å²) in [5.41, 5.74) is -0.578. The van der Waals surface area contributed by atoms with E-state index in [-0.39, 0.29) is 5.56 Å². The molecule has 0 radical (unpaired) electrons. The number of hydrogen-bond acceptors (Lipinski definition) is 7. The van der Waals surface area contributed by atoms with E-state index in [4.69, 9.17) is 9.47 Å². The number of benzene rings is 2. The first-order valence-corrected chi connectivity index (χ1v) is 7.95. The summed E-state index contributed by atoms with van der Waals surface area (Å²) in [6.45, 7) is 0. The number of carbonyl (C=O) groups is 1. The number of hydrogen-bond donors (Lipinski definition) is 3. The minimum atomic E-state index is -5.06. The van der Waals surface area contributed by atoms with Gasteiger partial charge in [-0.1, -0.05) is 30.3 Å². The molecule has 2 aromatic carbocycles. The Morgan fingerprint density at radius 2 is 1.50 bits per heavy atom. The van der Waals surface area contributed by atoms with E-state index in [1.54, 1.807) is 18.2 Å². The summed E-state index contributed by atoms with van der Waals surface area (Å²) in [6, 6.07) is 7.55. The van der Waals surface area contributed by atoms with Crippen LogP contribution in [0.25, 0.3) is 0 Å². The minimum absolute atomic E-state index is 0.0767. The van der Waals surface area contributed by atoms with Crippen LogP contribution in [0.1, 0.15) is 15.9 Å². The molecule has 0 aliphatic heterocycles. The lowest BCUT2D eigenvalue weighted by molar-refractivity contribution is 0.103. The van der Waals surface area contributed by atoms with Crippen molar-refractivity contribution >= 4 is 15.9 Å². The Bertz CT molecular complexity index is 888. The molecule has 2 aromatic rings. The summed E-state index contributed by atoms with van der Waals surface area (Å²) in [5.74, 6) is -3.93. The summed E-state index contributed by atoms with van der Waals surface area (Å²) in [4.78, 5) is 11.6. The number of aromatic hydroxyl groups is 2. The molecule has 3 N–H and O–H groups in total. The van der Waals surface area contributed by atoms with E-state index in [1.165, 1.54) is 12.1 Å². The Kier molecular flexibility index (Phi) is 4.67. The second kappa shape index (κ2) is 6.38. The first-order valence-electron chi connectivity index (χ1n) is 6.51. The molecule has 0 unspecified atom stereocenters. The van der Waals surface area contributed by atoms with E-state index in [0.29, 0.717) is 0 Å². The molecule has 0 aliphatic rings. The number of ketones is 1. The summed E-state index contributed by atoms with van der Waals surface area (Å²) in [5, 5.41) is 19.9. The zero-order valence-corrected chi connectivity index (χ0v) is 13.5. The molecule has 8 nitrogen and oxygen atoms in total. The molecule has 0 aromatic heterocycles. The number of rotatable bonds is 5. The summed E-state index contributed by atoms with van der Waals surface area (Å²) >= 11 is 0. The summed E-state index contributed by atoms with van der Waals surface area (Å²) in [7, 11) is -2.82. The smallest absolute Gasteiger partial charge is 0.299 e. The highest BCUT2D eigenvalue weighted by atomic mass is 32.2. The van der Waals surface area contributed by atoms with Gasteiger partial charge in [0.25, 0.3) is 10.1 Å². The normalized spacial score (nSPS) is 11.1. The maximum absolute atomic E-state index is 12.7. The lowest BCUT2D eigenvalue weighted by Gasteiger charge is -2.17. The second-order valence-electron chi connectivity index (χ2n) is 4.64. The van der Waals surface area contributed by atoms with Gasteiger partial charge in [-0.2, -0.15) is 8.42 Å². The van der Waals surface area contributed by atoms with Gasteiger partial charge in [0.1, 0.15) is 0 Å². The van der Waals surface area contributed by atoms with E-state index in [9.17, 15) is 28.0 Å².